The number of aldehydes is 1. The molecule has 0 spiro atoms. The van der Waals surface area contributed by atoms with E-state index in [1.165, 1.54) is 6.92 Å². The average molecular weight is 282 g/mol. The van der Waals surface area contributed by atoms with Crippen molar-refractivity contribution in [3.05, 3.63) is 59.7 Å². The Labute approximate surface area is 122 Å². The first kappa shape index (κ1) is 14.5. The maximum atomic E-state index is 12.1. The van der Waals surface area contributed by atoms with Crippen LogP contribution >= 0.6 is 0 Å². The zero-order valence-electron chi connectivity index (χ0n) is 11.4. The molecule has 0 aliphatic rings. The Hall–Kier alpha value is -2.95. The number of hydrogen-bond acceptors (Lipinski definition) is 3. The van der Waals surface area contributed by atoms with Crippen LogP contribution in [0.25, 0.3) is 0 Å². The second-order valence-electron chi connectivity index (χ2n) is 4.46. The number of nitrogens with one attached hydrogen (secondary N) is 2. The average Bonchev–Trinajstić information content (AvgIpc) is 2.47. The summed E-state index contributed by atoms with van der Waals surface area (Å²) in [6, 6.07) is 13.2. The van der Waals surface area contributed by atoms with Gasteiger partial charge in [-0.3, -0.25) is 14.4 Å². The third-order valence-electron chi connectivity index (χ3n) is 2.73. The molecule has 0 bridgehead atoms. The fraction of sp³-hybridized carbons (Fsp3) is 0.0625. The molecule has 0 atom stereocenters. The second-order valence-corrected chi connectivity index (χ2v) is 4.46. The number of anilines is 2. The van der Waals surface area contributed by atoms with Crippen LogP contribution in [0.1, 0.15) is 27.6 Å². The summed E-state index contributed by atoms with van der Waals surface area (Å²) in [5.41, 5.74) is 1.99. The maximum Gasteiger partial charge on any atom is 0.255 e. The van der Waals surface area contributed by atoms with Crippen LogP contribution in [0.2, 0.25) is 0 Å². The first-order valence-electron chi connectivity index (χ1n) is 6.33. The maximum absolute atomic E-state index is 12.1. The van der Waals surface area contributed by atoms with Crippen LogP contribution in [0.3, 0.4) is 0 Å². The van der Waals surface area contributed by atoms with E-state index in [0.717, 1.165) is 0 Å². The van der Waals surface area contributed by atoms with Crippen LogP contribution in [0, 0.1) is 0 Å². The molecule has 106 valence electrons. The summed E-state index contributed by atoms with van der Waals surface area (Å²) in [6.07, 6.45) is 0.715. The zero-order chi connectivity index (χ0) is 15.2. The van der Waals surface area contributed by atoms with Crippen molar-refractivity contribution >= 4 is 29.5 Å². The quantitative estimate of drug-likeness (QED) is 0.847. The fourth-order valence-corrected chi connectivity index (χ4v) is 1.83. The normalized spacial score (nSPS) is 9.76. The van der Waals surface area contributed by atoms with Gasteiger partial charge in [-0.25, -0.2) is 0 Å². The minimum atomic E-state index is -0.315. The van der Waals surface area contributed by atoms with Crippen molar-refractivity contribution in [2.24, 2.45) is 0 Å². The van der Waals surface area contributed by atoms with Crippen molar-refractivity contribution < 1.29 is 14.4 Å². The number of amides is 2. The van der Waals surface area contributed by atoms with Crippen molar-refractivity contribution in [2.75, 3.05) is 10.6 Å². The molecule has 21 heavy (non-hydrogen) atoms. The SMILES string of the molecule is CC(=O)Nc1cccc(C(=O)Nc2cccc(C=O)c2)c1. The van der Waals surface area contributed by atoms with E-state index < -0.39 is 0 Å². The van der Waals surface area contributed by atoms with Crippen molar-refractivity contribution in [1.29, 1.82) is 0 Å². The summed E-state index contributed by atoms with van der Waals surface area (Å²) in [5, 5.41) is 5.32. The van der Waals surface area contributed by atoms with E-state index in [9.17, 15) is 14.4 Å². The van der Waals surface area contributed by atoms with Crippen LogP contribution in [0.5, 0.6) is 0 Å². The zero-order valence-corrected chi connectivity index (χ0v) is 11.4. The minimum Gasteiger partial charge on any atom is -0.326 e. The van der Waals surface area contributed by atoms with Crippen LogP contribution in [0.4, 0.5) is 11.4 Å². The van der Waals surface area contributed by atoms with Crippen LogP contribution in [0.15, 0.2) is 48.5 Å². The first-order valence-corrected chi connectivity index (χ1v) is 6.33. The Balaban J connectivity index is 2.16. The van der Waals surface area contributed by atoms with E-state index in [1.807, 2.05) is 0 Å². The van der Waals surface area contributed by atoms with Gasteiger partial charge in [0.2, 0.25) is 5.91 Å². The molecule has 2 rings (SSSR count). The smallest absolute Gasteiger partial charge is 0.255 e. The van der Waals surface area contributed by atoms with Gasteiger partial charge in [0.25, 0.3) is 5.91 Å². The van der Waals surface area contributed by atoms with Crippen LogP contribution in [-0.4, -0.2) is 18.1 Å². The highest BCUT2D eigenvalue weighted by atomic mass is 16.2. The third kappa shape index (κ3) is 4.01. The van der Waals surface area contributed by atoms with Gasteiger partial charge < -0.3 is 10.6 Å². The summed E-state index contributed by atoms with van der Waals surface area (Å²) >= 11 is 0. The molecule has 5 heteroatoms. The number of rotatable bonds is 4. The van der Waals surface area contributed by atoms with Crippen LogP contribution < -0.4 is 10.6 Å². The van der Waals surface area contributed by atoms with Crippen molar-refractivity contribution in [3.63, 3.8) is 0 Å². The van der Waals surface area contributed by atoms with Gasteiger partial charge in [-0.05, 0) is 30.3 Å². The van der Waals surface area contributed by atoms with E-state index in [1.54, 1.807) is 48.5 Å². The molecule has 0 aromatic heterocycles. The lowest BCUT2D eigenvalue weighted by Crippen LogP contribution is -2.13. The molecule has 2 aromatic carbocycles. The molecule has 0 aliphatic heterocycles. The molecular weight excluding hydrogens is 268 g/mol. The molecule has 0 fully saturated rings. The fourth-order valence-electron chi connectivity index (χ4n) is 1.83. The van der Waals surface area contributed by atoms with E-state index in [2.05, 4.69) is 10.6 Å². The van der Waals surface area contributed by atoms with Gasteiger partial charge >= 0.3 is 0 Å². The molecule has 0 aliphatic carbocycles. The number of benzene rings is 2. The Kier molecular flexibility index (Phi) is 4.46. The summed E-state index contributed by atoms with van der Waals surface area (Å²) in [6.45, 7) is 1.40. The molecule has 0 radical (unpaired) electrons. The number of carbonyl (C=O) groups excluding carboxylic acids is 3. The lowest BCUT2D eigenvalue weighted by atomic mass is 10.1. The molecule has 0 heterocycles. The molecule has 2 aromatic rings. The summed E-state index contributed by atoms with van der Waals surface area (Å²) in [5.74, 6) is -0.517. The highest BCUT2D eigenvalue weighted by molar-refractivity contribution is 6.05. The minimum absolute atomic E-state index is 0.203. The molecular formula is C16H14N2O3. The molecule has 2 amide bonds. The van der Waals surface area contributed by atoms with E-state index in [-0.39, 0.29) is 11.8 Å². The third-order valence-corrected chi connectivity index (χ3v) is 2.73. The standard InChI is InChI=1S/C16H14N2O3/c1-11(20)17-15-7-3-5-13(9-15)16(21)18-14-6-2-4-12(8-14)10-19/h2-10H,1H3,(H,17,20)(H,18,21). The highest BCUT2D eigenvalue weighted by Crippen LogP contribution is 2.14. The highest BCUT2D eigenvalue weighted by Gasteiger charge is 2.07. The van der Waals surface area contributed by atoms with Gasteiger partial charge in [0.15, 0.2) is 0 Å². The van der Waals surface area contributed by atoms with Crippen LogP contribution in [-0.2, 0) is 4.79 Å². The molecule has 0 saturated carbocycles. The van der Waals surface area contributed by atoms with Gasteiger partial charge in [-0.2, -0.15) is 0 Å². The molecule has 0 unspecified atom stereocenters. The Morgan fingerprint density at radius 3 is 2.29 bits per heavy atom. The van der Waals surface area contributed by atoms with Gasteiger partial charge in [0.05, 0.1) is 0 Å². The Morgan fingerprint density at radius 1 is 0.952 bits per heavy atom. The van der Waals surface area contributed by atoms with Gasteiger partial charge in [-0.15, -0.1) is 0 Å². The number of hydrogen-bond donors (Lipinski definition) is 2. The Morgan fingerprint density at radius 2 is 1.62 bits per heavy atom. The largest absolute Gasteiger partial charge is 0.326 e. The van der Waals surface area contributed by atoms with Crippen molar-refractivity contribution in [1.82, 2.24) is 0 Å². The summed E-state index contributed by atoms with van der Waals surface area (Å²) < 4.78 is 0. The topological polar surface area (TPSA) is 75.3 Å². The predicted octanol–water partition coefficient (Wildman–Crippen LogP) is 2.71. The number of carbonyl (C=O) groups is 3. The van der Waals surface area contributed by atoms with Gasteiger partial charge in [0, 0.05) is 29.4 Å². The summed E-state index contributed by atoms with van der Waals surface area (Å²) in [4.78, 5) is 33.9. The van der Waals surface area contributed by atoms with Gasteiger partial charge in [-0.1, -0.05) is 18.2 Å². The second kappa shape index (κ2) is 6.47. The van der Waals surface area contributed by atoms with Gasteiger partial charge in [0.1, 0.15) is 6.29 Å². The van der Waals surface area contributed by atoms with Crippen molar-refractivity contribution in [3.8, 4) is 0 Å². The molecule has 2 N–H and O–H groups in total. The van der Waals surface area contributed by atoms with E-state index in [0.29, 0.717) is 28.8 Å². The predicted molar refractivity (Wildman–Crippen MR) is 80.5 cm³/mol. The van der Waals surface area contributed by atoms with Crippen molar-refractivity contribution in [2.45, 2.75) is 6.92 Å². The molecule has 0 saturated heterocycles. The molecule has 5 nitrogen and oxygen atoms in total. The first-order chi connectivity index (χ1) is 10.1. The summed E-state index contributed by atoms with van der Waals surface area (Å²) in [7, 11) is 0. The van der Waals surface area contributed by atoms with E-state index in [4.69, 9.17) is 0 Å². The monoisotopic (exact) mass is 282 g/mol. The Bertz CT molecular complexity index is 695. The lowest BCUT2D eigenvalue weighted by molar-refractivity contribution is -0.114. The lowest BCUT2D eigenvalue weighted by Gasteiger charge is -2.07. The van der Waals surface area contributed by atoms with E-state index >= 15 is 0 Å².